The Morgan fingerprint density at radius 3 is 2.51 bits per heavy atom. The van der Waals surface area contributed by atoms with Crippen molar-refractivity contribution in [3.63, 3.8) is 0 Å². The summed E-state index contributed by atoms with van der Waals surface area (Å²) in [6.45, 7) is 1.29. The van der Waals surface area contributed by atoms with Gasteiger partial charge in [-0.15, -0.1) is 0 Å². The van der Waals surface area contributed by atoms with E-state index in [2.05, 4.69) is 15.3 Å². The summed E-state index contributed by atoms with van der Waals surface area (Å²) in [4.78, 5) is 36.6. The molecule has 35 heavy (non-hydrogen) atoms. The van der Waals surface area contributed by atoms with Crippen LogP contribution in [0.4, 0.5) is 11.6 Å². The Balaban J connectivity index is 1.42. The first-order valence-corrected chi connectivity index (χ1v) is 11.7. The van der Waals surface area contributed by atoms with Crippen LogP contribution in [0.3, 0.4) is 0 Å². The number of carbonyl (C=O) groups is 2. The largest absolute Gasteiger partial charge is 0.497 e. The van der Waals surface area contributed by atoms with E-state index in [9.17, 15) is 9.59 Å². The van der Waals surface area contributed by atoms with Crippen LogP contribution in [-0.2, 0) is 11.8 Å². The molecule has 1 aliphatic rings. The molecular weight excluding hydrogens is 442 g/mol. The number of ketones is 1. The third-order valence-electron chi connectivity index (χ3n) is 6.37. The van der Waals surface area contributed by atoms with E-state index in [1.165, 1.54) is 0 Å². The second-order valence-corrected chi connectivity index (χ2v) is 8.69. The Hall–Kier alpha value is -4.20. The second-order valence-electron chi connectivity index (χ2n) is 8.69. The molecule has 8 heteroatoms. The van der Waals surface area contributed by atoms with Crippen LogP contribution >= 0.6 is 0 Å². The van der Waals surface area contributed by atoms with Gasteiger partial charge in [0.05, 0.1) is 18.4 Å². The number of benzene rings is 2. The van der Waals surface area contributed by atoms with Gasteiger partial charge in [0.15, 0.2) is 0 Å². The van der Waals surface area contributed by atoms with Crippen LogP contribution in [0, 0.1) is 0 Å². The molecule has 1 N–H and O–H groups in total. The van der Waals surface area contributed by atoms with Crippen molar-refractivity contribution in [2.75, 3.05) is 25.5 Å². The normalized spacial score (nSPS) is 13.6. The molecule has 1 fully saturated rings. The van der Waals surface area contributed by atoms with Gasteiger partial charge in [-0.2, -0.15) is 0 Å². The molecule has 8 nitrogen and oxygen atoms in total. The minimum atomic E-state index is -0.465. The molecule has 2 aromatic carbocycles. The molecule has 0 aliphatic carbocycles. The molecule has 0 spiro atoms. The lowest BCUT2D eigenvalue weighted by molar-refractivity contribution is -0.127. The zero-order valence-electron chi connectivity index (χ0n) is 19.8. The quantitative estimate of drug-likeness (QED) is 0.328. The third kappa shape index (κ3) is 4.59. The van der Waals surface area contributed by atoms with Crippen LogP contribution in [0.15, 0.2) is 60.9 Å². The number of hydrogen-bond acceptors (Lipinski definition) is 6. The summed E-state index contributed by atoms with van der Waals surface area (Å²) in [7, 11) is 3.51. The van der Waals surface area contributed by atoms with Gasteiger partial charge in [0.25, 0.3) is 11.7 Å². The Labute approximate surface area is 203 Å². The minimum absolute atomic E-state index is 0.412. The van der Waals surface area contributed by atoms with E-state index in [1.54, 1.807) is 24.4 Å². The van der Waals surface area contributed by atoms with Crippen LogP contribution in [0.25, 0.3) is 22.2 Å². The Kier molecular flexibility index (Phi) is 6.18. The Morgan fingerprint density at radius 1 is 1.00 bits per heavy atom. The summed E-state index contributed by atoms with van der Waals surface area (Å²) >= 11 is 0. The van der Waals surface area contributed by atoms with Gasteiger partial charge in [0.2, 0.25) is 5.95 Å². The number of aryl methyl sites for hydroxylation is 1. The number of aromatic nitrogens is 3. The molecule has 2 aromatic heterocycles. The highest BCUT2D eigenvalue weighted by Gasteiger charge is 2.27. The summed E-state index contributed by atoms with van der Waals surface area (Å²) in [6, 6.07) is 15.2. The first-order valence-electron chi connectivity index (χ1n) is 11.7. The number of amides is 1. The molecule has 178 valence electrons. The third-order valence-corrected chi connectivity index (χ3v) is 6.37. The molecule has 0 radical (unpaired) electrons. The number of nitrogens with one attached hydrogen (secondary N) is 1. The van der Waals surface area contributed by atoms with Crippen molar-refractivity contribution in [1.82, 2.24) is 19.4 Å². The number of hydrogen-bond donors (Lipinski definition) is 1. The first-order chi connectivity index (χ1) is 17.0. The summed E-state index contributed by atoms with van der Waals surface area (Å²) < 4.78 is 7.10. The lowest BCUT2D eigenvalue weighted by Gasteiger charge is -2.25. The van der Waals surface area contributed by atoms with Crippen LogP contribution in [-0.4, -0.2) is 51.3 Å². The smallest absolute Gasteiger partial charge is 0.295 e. The Bertz CT molecular complexity index is 1390. The molecule has 3 heterocycles. The maximum atomic E-state index is 13.1. The predicted octanol–water partition coefficient (Wildman–Crippen LogP) is 4.58. The molecular formula is C27H27N5O3. The van der Waals surface area contributed by atoms with Crippen LogP contribution in [0.1, 0.15) is 29.6 Å². The fourth-order valence-electron chi connectivity index (χ4n) is 4.48. The predicted molar refractivity (Wildman–Crippen MR) is 135 cm³/mol. The lowest BCUT2D eigenvalue weighted by atomic mass is 10.1. The number of Topliss-reactive ketones (excluding diaryl/α,β-unsaturated/α-hetero) is 1. The maximum Gasteiger partial charge on any atom is 0.295 e. The number of piperidine rings is 1. The fourth-order valence-corrected chi connectivity index (χ4v) is 4.48. The second kappa shape index (κ2) is 9.58. The molecule has 1 amide bonds. The fraction of sp³-hybridized carbons (Fsp3) is 0.259. The van der Waals surface area contributed by atoms with Crippen molar-refractivity contribution < 1.29 is 14.3 Å². The number of fused-ring (bicyclic) bond motifs is 1. The lowest BCUT2D eigenvalue weighted by Crippen LogP contribution is -2.40. The van der Waals surface area contributed by atoms with Crippen molar-refractivity contribution in [1.29, 1.82) is 0 Å². The van der Waals surface area contributed by atoms with Crippen LogP contribution in [0.2, 0.25) is 0 Å². The SMILES string of the molecule is COc1ccc(-c2ccnc(Nc3ccc4c(c3)c(C(=O)C(=O)N3CCCCC3)cn4C)n2)cc1. The average Bonchev–Trinajstić information content (AvgIpc) is 3.24. The number of likely N-dealkylation sites (tertiary alicyclic amines) is 1. The van der Waals surface area contributed by atoms with Gasteiger partial charge < -0.3 is 19.5 Å². The van der Waals surface area contributed by atoms with Crippen molar-refractivity contribution in [3.8, 4) is 17.0 Å². The van der Waals surface area contributed by atoms with Gasteiger partial charge >= 0.3 is 0 Å². The summed E-state index contributed by atoms with van der Waals surface area (Å²) in [5, 5.41) is 3.96. The molecule has 1 aliphatic heterocycles. The summed E-state index contributed by atoms with van der Waals surface area (Å²) in [6.07, 6.45) is 6.42. The molecule has 5 rings (SSSR count). The number of methoxy groups -OCH3 is 1. The molecule has 0 unspecified atom stereocenters. The number of anilines is 2. The van der Waals surface area contributed by atoms with Gasteiger partial charge in [-0.05, 0) is 67.8 Å². The zero-order valence-corrected chi connectivity index (χ0v) is 19.8. The molecule has 1 saturated heterocycles. The van der Waals surface area contributed by atoms with Gasteiger partial charge in [-0.1, -0.05) is 0 Å². The molecule has 0 saturated carbocycles. The maximum absolute atomic E-state index is 13.1. The van der Waals surface area contributed by atoms with Crippen LogP contribution < -0.4 is 10.1 Å². The average molecular weight is 470 g/mol. The van der Waals surface area contributed by atoms with E-state index in [1.807, 2.05) is 60.1 Å². The number of ether oxygens (including phenoxy) is 1. The minimum Gasteiger partial charge on any atom is -0.497 e. The topological polar surface area (TPSA) is 89.3 Å². The van der Waals surface area contributed by atoms with Gasteiger partial charge in [-0.25, -0.2) is 9.97 Å². The van der Waals surface area contributed by atoms with E-state index in [-0.39, 0.29) is 0 Å². The zero-order chi connectivity index (χ0) is 24.4. The van der Waals surface area contributed by atoms with Crippen molar-refractivity contribution >= 4 is 34.2 Å². The molecule has 4 aromatic rings. The number of nitrogens with zero attached hydrogens (tertiary/aromatic N) is 4. The van der Waals surface area contributed by atoms with E-state index < -0.39 is 11.7 Å². The molecule has 0 bridgehead atoms. The highest BCUT2D eigenvalue weighted by Crippen LogP contribution is 2.27. The van der Waals surface area contributed by atoms with Crippen LogP contribution in [0.5, 0.6) is 5.75 Å². The van der Waals surface area contributed by atoms with Gasteiger partial charge in [0.1, 0.15) is 5.75 Å². The highest BCUT2D eigenvalue weighted by atomic mass is 16.5. The number of carbonyl (C=O) groups excluding carboxylic acids is 2. The van der Waals surface area contributed by atoms with Crippen molar-refractivity contribution in [3.05, 3.63) is 66.5 Å². The number of rotatable bonds is 6. The molecule has 0 atom stereocenters. The van der Waals surface area contributed by atoms with E-state index in [0.717, 1.165) is 52.9 Å². The summed E-state index contributed by atoms with van der Waals surface area (Å²) in [5.41, 5.74) is 3.73. The summed E-state index contributed by atoms with van der Waals surface area (Å²) in [5.74, 6) is 0.325. The van der Waals surface area contributed by atoms with E-state index in [4.69, 9.17) is 4.74 Å². The van der Waals surface area contributed by atoms with E-state index in [0.29, 0.717) is 24.6 Å². The van der Waals surface area contributed by atoms with Crippen molar-refractivity contribution in [2.24, 2.45) is 7.05 Å². The standard InChI is InChI=1S/C27H27N5O3/c1-31-17-22(25(33)26(34)32-14-4-3-5-15-32)21-16-19(8-11-24(21)31)29-27-28-13-12-23(30-27)18-6-9-20(35-2)10-7-18/h6-13,16-17H,3-5,14-15H2,1-2H3,(H,28,29,30). The van der Waals surface area contributed by atoms with Gasteiger partial charge in [-0.3, -0.25) is 9.59 Å². The monoisotopic (exact) mass is 469 g/mol. The van der Waals surface area contributed by atoms with E-state index >= 15 is 0 Å². The van der Waals surface area contributed by atoms with Crippen molar-refractivity contribution in [2.45, 2.75) is 19.3 Å². The van der Waals surface area contributed by atoms with Gasteiger partial charge in [0, 0.05) is 54.7 Å². The first kappa shape index (κ1) is 22.6. The highest BCUT2D eigenvalue weighted by molar-refractivity contribution is 6.45. The Morgan fingerprint density at radius 2 is 1.77 bits per heavy atom.